The van der Waals surface area contributed by atoms with E-state index in [1.807, 2.05) is 36.6 Å². The fraction of sp³-hybridized carbons (Fsp3) is 0.476. The molecule has 1 aromatic carbocycles. The van der Waals surface area contributed by atoms with Crippen LogP contribution in [0.15, 0.2) is 30.3 Å². The van der Waals surface area contributed by atoms with E-state index in [-0.39, 0.29) is 18.2 Å². The van der Waals surface area contributed by atoms with Crippen LogP contribution in [0, 0.1) is 0 Å². The molecule has 5 nitrogen and oxygen atoms in total. The summed E-state index contributed by atoms with van der Waals surface area (Å²) in [6, 6.07) is 8.99. The Morgan fingerprint density at radius 1 is 1.21 bits per heavy atom. The highest BCUT2D eigenvalue weighted by molar-refractivity contribution is 7.98. The average Bonchev–Trinajstić information content (AvgIpc) is 3.07. The molecule has 152 valence electrons. The Labute approximate surface area is 175 Å². The molecule has 2 rings (SSSR count). The molecule has 0 aliphatic rings. The van der Waals surface area contributed by atoms with E-state index in [1.54, 1.807) is 11.8 Å². The smallest absolute Gasteiger partial charge is 0.248 e. The van der Waals surface area contributed by atoms with Crippen LogP contribution in [0.3, 0.4) is 0 Å². The lowest BCUT2D eigenvalue weighted by Crippen LogP contribution is -2.44. The zero-order valence-electron chi connectivity index (χ0n) is 16.8. The van der Waals surface area contributed by atoms with Crippen LogP contribution in [0.2, 0.25) is 0 Å². The molecule has 0 aliphatic carbocycles. The standard InChI is InChI=1S/C21H29N3O2S2/c1-4-9-16-18(5-2)28-21(23-16)24-20(26)17(12-13-27-3)22-19(25)14-15-10-7-6-8-11-15/h6-8,10-11,17H,4-5,9,12-14H2,1-3H3,(H,22,25)(H,23,24,26). The Morgan fingerprint density at radius 3 is 2.61 bits per heavy atom. The second-order valence-corrected chi connectivity index (χ2v) is 8.61. The minimum absolute atomic E-state index is 0.146. The summed E-state index contributed by atoms with van der Waals surface area (Å²) in [6.07, 6.45) is 5.69. The van der Waals surface area contributed by atoms with Gasteiger partial charge in [-0.25, -0.2) is 4.98 Å². The van der Waals surface area contributed by atoms with Gasteiger partial charge in [0.15, 0.2) is 5.13 Å². The van der Waals surface area contributed by atoms with Crippen LogP contribution in [0.5, 0.6) is 0 Å². The summed E-state index contributed by atoms with van der Waals surface area (Å²) in [5.74, 6) is 0.450. The molecule has 1 unspecified atom stereocenters. The van der Waals surface area contributed by atoms with Crippen molar-refractivity contribution < 1.29 is 9.59 Å². The van der Waals surface area contributed by atoms with Gasteiger partial charge in [0.2, 0.25) is 11.8 Å². The van der Waals surface area contributed by atoms with E-state index in [4.69, 9.17) is 0 Å². The zero-order chi connectivity index (χ0) is 20.4. The van der Waals surface area contributed by atoms with E-state index in [0.717, 1.165) is 36.3 Å². The van der Waals surface area contributed by atoms with Crippen LogP contribution in [0.25, 0.3) is 0 Å². The van der Waals surface area contributed by atoms with Gasteiger partial charge in [0.05, 0.1) is 12.1 Å². The van der Waals surface area contributed by atoms with Crippen LogP contribution in [0.4, 0.5) is 5.13 Å². The molecule has 2 amide bonds. The number of nitrogens with zero attached hydrogens (tertiary/aromatic N) is 1. The van der Waals surface area contributed by atoms with Gasteiger partial charge in [0.25, 0.3) is 0 Å². The lowest BCUT2D eigenvalue weighted by atomic mass is 10.1. The van der Waals surface area contributed by atoms with Crippen molar-refractivity contribution in [2.75, 3.05) is 17.3 Å². The first-order valence-corrected chi connectivity index (χ1v) is 11.9. The number of hydrogen-bond donors (Lipinski definition) is 2. The van der Waals surface area contributed by atoms with Gasteiger partial charge in [-0.1, -0.05) is 50.6 Å². The van der Waals surface area contributed by atoms with Gasteiger partial charge >= 0.3 is 0 Å². The maximum absolute atomic E-state index is 12.8. The molecule has 0 spiro atoms. The highest BCUT2D eigenvalue weighted by Gasteiger charge is 2.22. The van der Waals surface area contributed by atoms with E-state index in [2.05, 4.69) is 29.5 Å². The molecule has 0 saturated heterocycles. The van der Waals surface area contributed by atoms with Crippen LogP contribution < -0.4 is 10.6 Å². The number of benzene rings is 1. The van der Waals surface area contributed by atoms with Crippen LogP contribution >= 0.6 is 23.1 Å². The minimum atomic E-state index is -0.563. The highest BCUT2D eigenvalue weighted by atomic mass is 32.2. The number of anilines is 1. The van der Waals surface area contributed by atoms with Gasteiger partial charge < -0.3 is 10.6 Å². The first-order valence-electron chi connectivity index (χ1n) is 9.69. The molecule has 2 N–H and O–H groups in total. The van der Waals surface area contributed by atoms with Crippen LogP contribution in [0.1, 0.15) is 42.8 Å². The number of aryl methyl sites for hydroxylation is 2. The summed E-state index contributed by atoms with van der Waals surface area (Å²) in [7, 11) is 0. The van der Waals surface area contributed by atoms with Crippen molar-refractivity contribution in [3.63, 3.8) is 0 Å². The molecular formula is C21H29N3O2S2. The quantitative estimate of drug-likeness (QED) is 0.576. The first-order chi connectivity index (χ1) is 13.6. The largest absolute Gasteiger partial charge is 0.344 e. The monoisotopic (exact) mass is 419 g/mol. The molecule has 1 heterocycles. The number of amides is 2. The first kappa shape index (κ1) is 22.4. The van der Waals surface area contributed by atoms with Crippen molar-refractivity contribution in [3.8, 4) is 0 Å². The molecule has 2 aromatic rings. The van der Waals surface area contributed by atoms with Crippen molar-refractivity contribution >= 4 is 40.0 Å². The van der Waals surface area contributed by atoms with Gasteiger partial charge in [-0.05, 0) is 36.8 Å². The Hall–Kier alpha value is -1.86. The molecule has 0 fully saturated rings. The summed E-state index contributed by atoms with van der Waals surface area (Å²) in [5, 5.41) is 6.43. The van der Waals surface area contributed by atoms with Crippen LogP contribution in [-0.2, 0) is 28.9 Å². The second-order valence-electron chi connectivity index (χ2n) is 6.55. The van der Waals surface area contributed by atoms with Crippen molar-refractivity contribution in [2.45, 2.75) is 52.0 Å². The third-order valence-corrected chi connectivity index (χ3v) is 6.09. The summed E-state index contributed by atoms with van der Waals surface area (Å²) in [4.78, 5) is 31.0. The van der Waals surface area contributed by atoms with E-state index in [1.165, 1.54) is 16.2 Å². The Kier molecular flexibility index (Phi) is 9.50. The molecule has 7 heteroatoms. The van der Waals surface area contributed by atoms with Crippen LogP contribution in [-0.4, -0.2) is 34.8 Å². The SMILES string of the molecule is CCCc1nc(NC(=O)C(CCSC)NC(=O)Cc2ccccc2)sc1CC. The Morgan fingerprint density at radius 2 is 1.96 bits per heavy atom. The molecule has 1 atom stereocenters. The Bertz CT molecular complexity index is 762. The average molecular weight is 420 g/mol. The summed E-state index contributed by atoms with van der Waals surface area (Å²) < 4.78 is 0. The molecule has 28 heavy (non-hydrogen) atoms. The van der Waals surface area contributed by atoms with Crippen molar-refractivity contribution in [3.05, 3.63) is 46.5 Å². The van der Waals surface area contributed by atoms with Crippen molar-refractivity contribution in [1.82, 2.24) is 10.3 Å². The number of thiazole rings is 1. The van der Waals surface area contributed by atoms with E-state index in [0.29, 0.717) is 11.6 Å². The summed E-state index contributed by atoms with van der Waals surface area (Å²) >= 11 is 3.19. The lowest BCUT2D eigenvalue weighted by molar-refractivity contribution is -0.126. The molecule has 0 aliphatic heterocycles. The number of rotatable bonds is 11. The number of aromatic nitrogens is 1. The summed E-state index contributed by atoms with van der Waals surface area (Å²) in [5.41, 5.74) is 2.00. The number of carbonyl (C=O) groups is 2. The van der Waals surface area contributed by atoms with Gasteiger partial charge in [0.1, 0.15) is 6.04 Å². The summed E-state index contributed by atoms with van der Waals surface area (Å²) in [6.45, 7) is 4.22. The number of hydrogen-bond acceptors (Lipinski definition) is 5. The van der Waals surface area contributed by atoms with E-state index in [9.17, 15) is 9.59 Å². The number of nitrogens with one attached hydrogen (secondary N) is 2. The van der Waals surface area contributed by atoms with Crippen molar-refractivity contribution in [1.29, 1.82) is 0 Å². The maximum atomic E-state index is 12.8. The Balaban J connectivity index is 2.02. The molecule has 0 radical (unpaired) electrons. The highest BCUT2D eigenvalue weighted by Crippen LogP contribution is 2.25. The van der Waals surface area contributed by atoms with Crippen molar-refractivity contribution in [2.24, 2.45) is 0 Å². The van der Waals surface area contributed by atoms with Gasteiger partial charge in [-0.15, -0.1) is 11.3 Å². The second kappa shape index (κ2) is 11.9. The molecule has 1 aromatic heterocycles. The number of carbonyl (C=O) groups excluding carboxylic acids is 2. The topological polar surface area (TPSA) is 71.1 Å². The predicted molar refractivity (Wildman–Crippen MR) is 119 cm³/mol. The molecular weight excluding hydrogens is 390 g/mol. The maximum Gasteiger partial charge on any atom is 0.248 e. The zero-order valence-corrected chi connectivity index (χ0v) is 18.4. The van der Waals surface area contributed by atoms with Gasteiger partial charge in [-0.3, -0.25) is 9.59 Å². The van der Waals surface area contributed by atoms with Gasteiger partial charge in [0, 0.05) is 4.88 Å². The van der Waals surface area contributed by atoms with E-state index < -0.39 is 6.04 Å². The van der Waals surface area contributed by atoms with Gasteiger partial charge in [-0.2, -0.15) is 11.8 Å². The normalized spacial score (nSPS) is 11.8. The number of thioether (sulfide) groups is 1. The third-order valence-electron chi connectivity index (χ3n) is 4.29. The third kappa shape index (κ3) is 6.95. The minimum Gasteiger partial charge on any atom is -0.344 e. The molecule has 0 saturated carbocycles. The lowest BCUT2D eigenvalue weighted by Gasteiger charge is -2.17. The fourth-order valence-electron chi connectivity index (χ4n) is 2.87. The predicted octanol–water partition coefficient (Wildman–Crippen LogP) is 4.08. The fourth-order valence-corrected chi connectivity index (χ4v) is 4.29. The van der Waals surface area contributed by atoms with E-state index >= 15 is 0 Å². The molecule has 0 bridgehead atoms.